The number of rotatable bonds is 6. The summed E-state index contributed by atoms with van der Waals surface area (Å²) in [5, 5.41) is 3.81. The lowest BCUT2D eigenvalue weighted by Gasteiger charge is -2.19. The maximum Gasteiger partial charge on any atom is 0.320 e. The van der Waals surface area contributed by atoms with Gasteiger partial charge in [0.1, 0.15) is 5.60 Å². The Bertz CT molecular complexity index is 401. The fraction of sp³-hybridized carbons (Fsp3) is 0.500. The van der Waals surface area contributed by atoms with Crippen LogP contribution in [0.2, 0.25) is 5.02 Å². The van der Waals surface area contributed by atoms with Gasteiger partial charge in [0.2, 0.25) is 0 Å². The number of benzene rings is 1. The van der Waals surface area contributed by atoms with E-state index in [1.807, 2.05) is 45.0 Å². The van der Waals surface area contributed by atoms with Gasteiger partial charge in [-0.1, -0.05) is 11.6 Å². The minimum Gasteiger partial charge on any atom is -0.459 e. The number of carbonyl (C=O) groups is 1. The number of thioether (sulfide) groups is 1. The fourth-order valence-electron chi connectivity index (χ4n) is 1.34. The van der Waals surface area contributed by atoms with Crippen LogP contribution in [0.5, 0.6) is 0 Å². The van der Waals surface area contributed by atoms with Gasteiger partial charge in [0, 0.05) is 22.2 Å². The quantitative estimate of drug-likeness (QED) is 0.497. The molecule has 106 valence electrons. The first-order valence-corrected chi connectivity index (χ1v) is 7.54. The Labute approximate surface area is 124 Å². The molecule has 0 spiro atoms. The molecule has 0 saturated carbocycles. The Morgan fingerprint density at radius 3 is 2.53 bits per heavy atom. The van der Waals surface area contributed by atoms with Crippen LogP contribution in [-0.2, 0) is 9.53 Å². The van der Waals surface area contributed by atoms with E-state index in [1.54, 1.807) is 11.8 Å². The van der Waals surface area contributed by atoms with Crippen molar-refractivity contribution in [3.05, 3.63) is 29.3 Å². The third-order valence-corrected chi connectivity index (χ3v) is 3.32. The molecule has 0 aliphatic carbocycles. The molecule has 1 aromatic rings. The third kappa shape index (κ3) is 8.14. The van der Waals surface area contributed by atoms with Crippen molar-refractivity contribution in [3.8, 4) is 0 Å². The largest absolute Gasteiger partial charge is 0.459 e. The maximum absolute atomic E-state index is 11.4. The Morgan fingerprint density at radius 1 is 1.32 bits per heavy atom. The van der Waals surface area contributed by atoms with Crippen molar-refractivity contribution in [1.29, 1.82) is 0 Å². The second-order valence-corrected chi connectivity index (χ2v) is 6.67. The lowest BCUT2D eigenvalue weighted by atomic mass is 10.2. The van der Waals surface area contributed by atoms with Gasteiger partial charge in [-0.05, 0) is 45.0 Å². The Morgan fingerprint density at radius 2 is 1.95 bits per heavy atom. The van der Waals surface area contributed by atoms with E-state index in [0.29, 0.717) is 0 Å². The monoisotopic (exact) mass is 301 g/mol. The third-order valence-electron chi connectivity index (χ3n) is 2.05. The molecule has 0 fully saturated rings. The molecule has 0 amide bonds. The Hall–Kier alpha value is -0.710. The van der Waals surface area contributed by atoms with Gasteiger partial charge in [-0.3, -0.25) is 4.79 Å². The van der Waals surface area contributed by atoms with Crippen molar-refractivity contribution in [2.75, 3.05) is 18.8 Å². The summed E-state index contributed by atoms with van der Waals surface area (Å²) in [6.07, 6.45) is 0. The smallest absolute Gasteiger partial charge is 0.320 e. The summed E-state index contributed by atoms with van der Waals surface area (Å²) in [6, 6.07) is 7.72. The topological polar surface area (TPSA) is 38.3 Å². The van der Waals surface area contributed by atoms with Crippen molar-refractivity contribution < 1.29 is 9.53 Å². The molecule has 1 aromatic carbocycles. The first-order chi connectivity index (χ1) is 8.87. The minimum absolute atomic E-state index is 0.219. The van der Waals surface area contributed by atoms with Gasteiger partial charge in [0.05, 0.1) is 6.54 Å². The van der Waals surface area contributed by atoms with Crippen molar-refractivity contribution in [1.82, 2.24) is 5.32 Å². The molecule has 5 heteroatoms. The summed E-state index contributed by atoms with van der Waals surface area (Å²) in [4.78, 5) is 12.6. The number of halogens is 1. The van der Waals surface area contributed by atoms with Crippen LogP contribution in [0.1, 0.15) is 20.8 Å². The van der Waals surface area contributed by atoms with Gasteiger partial charge >= 0.3 is 5.97 Å². The zero-order valence-electron chi connectivity index (χ0n) is 11.5. The average Bonchev–Trinajstić information content (AvgIpc) is 2.29. The Balaban J connectivity index is 2.11. The highest BCUT2D eigenvalue weighted by Crippen LogP contribution is 2.19. The molecule has 1 rings (SSSR count). The van der Waals surface area contributed by atoms with Crippen molar-refractivity contribution in [3.63, 3.8) is 0 Å². The lowest BCUT2D eigenvalue weighted by Crippen LogP contribution is -2.32. The van der Waals surface area contributed by atoms with E-state index < -0.39 is 5.60 Å². The first-order valence-electron chi connectivity index (χ1n) is 6.18. The summed E-state index contributed by atoms with van der Waals surface area (Å²) in [6.45, 7) is 6.59. The molecule has 0 heterocycles. The predicted octanol–water partition coefficient (Wildman–Crippen LogP) is 3.36. The van der Waals surface area contributed by atoms with Crippen LogP contribution in [-0.4, -0.2) is 30.4 Å². The molecule has 0 bridgehead atoms. The number of esters is 1. The number of carbonyl (C=O) groups excluding carboxylic acids is 1. The maximum atomic E-state index is 11.4. The van der Waals surface area contributed by atoms with Gasteiger partial charge in [-0.2, -0.15) is 0 Å². The van der Waals surface area contributed by atoms with Gasteiger partial charge in [-0.15, -0.1) is 11.8 Å². The molecule has 0 saturated heterocycles. The summed E-state index contributed by atoms with van der Waals surface area (Å²) in [5.74, 6) is 0.675. The summed E-state index contributed by atoms with van der Waals surface area (Å²) >= 11 is 7.53. The molecule has 0 unspecified atom stereocenters. The first kappa shape index (κ1) is 16.3. The second kappa shape index (κ2) is 7.78. The zero-order chi connectivity index (χ0) is 14.3. The molecule has 0 aliphatic rings. The molecule has 3 nitrogen and oxygen atoms in total. The van der Waals surface area contributed by atoms with Crippen LogP contribution in [0.4, 0.5) is 0 Å². The summed E-state index contributed by atoms with van der Waals surface area (Å²) in [5.41, 5.74) is -0.420. The average molecular weight is 302 g/mol. The minimum atomic E-state index is -0.420. The number of hydrogen-bond acceptors (Lipinski definition) is 4. The number of nitrogens with one attached hydrogen (secondary N) is 1. The standard InChI is InChI=1S/C14H20ClNO2S/c1-14(2,3)18-13(17)10-16-8-9-19-12-6-4-11(15)5-7-12/h4-7,16H,8-10H2,1-3H3. The number of hydrogen-bond donors (Lipinski definition) is 1. The second-order valence-electron chi connectivity index (χ2n) is 5.07. The molecule has 0 aliphatic heterocycles. The van der Waals surface area contributed by atoms with Gasteiger partial charge < -0.3 is 10.1 Å². The normalized spacial score (nSPS) is 11.4. The van der Waals surface area contributed by atoms with E-state index in [0.717, 1.165) is 17.3 Å². The summed E-state index contributed by atoms with van der Waals surface area (Å²) in [7, 11) is 0. The zero-order valence-corrected chi connectivity index (χ0v) is 13.1. The summed E-state index contributed by atoms with van der Waals surface area (Å²) < 4.78 is 5.19. The van der Waals surface area contributed by atoms with Gasteiger partial charge in [-0.25, -0.2) is 0 Å². The molecular weight excluding hydrogens is 282 g/mol. The highest BCUT2D eigenvalue weighted by molar-refractivity contribution is 7.99. The van der Waals surface area contributed by atoms with Crippen LogP contribution in [0.3, 0.4) is 0 Å². The fourth-order valence-corrected chi connectivity index (χ4v) is 2.28. The van der Waals surface area contributed by atoms with Crippen molar-refractivity contribution >= 4 is 29.3 Å². The van der Waals surface area contributed by atoms with E-state index in [9.17, 15) is 4.79 Å². The van der Waals surface area contributed by atoms with Gasteiger partial charge in [0.15, 0.2) is 0 Å². The molecule has 19 heavy (non-hydrogen) atoms. The van der Waals surface area contributed by atoms with Crippen molar-refractivity contribution in [2.24, 2.45) is 0 Å². The van der Waals surface area contributed by atoms with Crippen LogP contribution in [0, 0.1) is 0 Å². The number of ether oxygens (including phenoxy) is 1. The van der Waals surface area contributed by atoms with E-state index in [2.05, 4.69) is 5.32 Å². The predicted molar refractivity (Wildman–Crippen MR) is 80.9 cm³/mol. The van der Waals surface area contributed by atoms with Crippen molar-refractivity contribution in [2.45, 2.75) is 31.3 Å². The highest BCUT2D eigenvalue weighted by Gasteiger charge is 2.15. The van der Waals surface area contributed by atoms with Crippen LogP contribution >= 0.6 is 23.4 Å². The van der Waals surface area contributed by atoms with Crippen LogP contribution in [0.25, 0.3) is 0 Å². The van der Waals surface area contributed by atoms with Gasteiger partial charge in [0.25, 0.3) is 0 Å². The van der Waals surface area contributed by atoms with E-state index in [1.165, 1.54) is 4.90 Å². The molecule has 0 aromatic heterocycles. The van der Waals surface area contributed by atoms with E-state index >= 15 is 0 Å². The van der Waals surface area contributed by atoms with Crippen LogP contribution < -0.4 is 5.32 Å². The molecule has 0 atom stereocenters. The lowest BCUT2D eigenvalue weighted by molar-refractivity contribution is -0.153. The van der Waals surface area contributed by atoms with E-state index in [4.69, 9.17) is 16.3 Å². The van der Waals surface area contributed by atoms with E-state index in [-0.39, 0.29) is 12.5 Å². The molecule has 1 N–H and O–H groups in total. The van der Waals surface area contributed by atoms with Crippen LogP contribution in [0.15, 0.2) is 29.2 Å². The Kier molecular flexibility index (Phi) is 6.69. The SMILES string of the molecule is CC(C)(C)OC(=O)CNCCSc1ccc(Cl)cc1. The molecule has 0 radical (unpaired) electrons. The highest BCUT2D eigenvalue weighted by atomic mass is 35.5. The molecular formula is C14H20ClNO2S.